The van der Waals surface area contributed by atoms with Gasteiger partial charge >= 0.3 is 129 Å². The van der Waals surface area contributed by atoms with E-state index in [0.717, 1.165) is 8.39 Å². The average molecular weight is 415 g/mol. The minimum atomic E-state index is -2.24. The second-order valence-electron chi connectivity index (χ2n) is 4.31. The molecule has 17 heavy (non-hydrogen) atoms. The predicted molar refractivity (Wildman–Crippen MR) is 96.9 cm³/mol. The van der Waals surface area contributed by atoms with Crippen LogP contribution in [0, 0.1) is 0 Å². The fourth-order valence-corrected chi connectivity index (χ4v) is 40.2. The Hall–Kier alpha value is 1.68. The standard InChI is InChI=1S/2C4H9.2C2H4S2.Sn/c2*1-3-4-2;2*1-2(3)4;/h2*1,3-4H2,2H3;2*1H3,(H,3,4);/q;;;;+2/p-2. The van der Waals surface area contributed by atoms with Crippen LogP contribution in [0.2, 0.25) is 8.87 Å². The molecule has 0 aliphatic carbocycles. The van der Waals surface area contributed by atoms with E-state index in [1.165, 1.54) is 34.6 Å². The fraction of sp³-hybridized carbons (Fsp3) is 0.833. The summed E-state index contributed by atoms with van der Waals surface area (Å²) in [5, 5.41) is 0. The monoisotopic (exact) mass is 416 g/mol. The van der Waals surface area contributed by atoms with Gasteiger partial charge in [0.25, 0.3) is 0 Å². The van der Waals surface area contributed by atoms with Gasteiger partial charge in [0.1, 0.15) is 0 Å². The van der Waals surface area contributed by atoms with Crippen LogP contribution in [-0.4, -0.2) is 24.0 Å². The summed E-state index contributed by atoms with van der Waals surface area (Å²) < 4.78 is 5.11. The molecule has 100 valence electrons. The van der Waals surface area contributed by atoms with E-state index < -0.39 is 15.6 Å². The maximum absolute atomic E-state index is 5.36. The van der Waals surface area contributed by atoms with Crippen LogP contribution < -0.4 is 0 Å². The fourth-order valence-electron chi connectivity index (χ4n) is 1.77. The van der Waals surface area contributed by atoms with Crippen LogP contribution in [0.1, 0.15) is 53.4 Å². The Morgan fingerprint density at radius 3 is 1.47 bits per heavy atom. The van der Waals surface area contributed by atoms with Gasteiger partial charge in [0, 0.05) is 0 Å². The van der Waals surface area contributed by atoms with E-state index in [1.54, 1.807) is 0 Å². The van der Waals surface area contributed by atoms with Crippen LogP contribution in [0.25, 0.3) is 0 Å². The first-order valence-electron chi connectivity index (χ1n) is 6.35. The summed E-state index contributed by atoms with van der Waals surface area (Å²) in [7, 11) is 4.14. The molecule has 0 saturated carbocycles. The Morgan fingerprint density at radius 1 is 0.882 bits per heavy atom. The zero-order valence-corrected chi connectivity index (χ0v) is 17.5. The van der Waals surface area contributed by atoms with Gasteiger partial charge in [-0.05, 0) is 0 Å². The molecule has 5 heteroatoms. The molecule has 0 amide bonds. The molecule has 0 N–H and O–H groups in total. The van der Waals surface area contributed by atoms with Gasteiger partial charge in [-0.15, -0.1) is 0 Å². The van der Waals surface area contributed by atoms with Crippen molar-refractivity contribution in [2.24, 2.45) is 0 Å². The Kier molecular flexibility index (Phi) is 11.5. The van der Waals surface area contributed by atoms with Crippen molar-refractivity contribution in [3.63, 3.8) is 0 Å². The molecule has 0 rings (SSSR count). The maximum atomic E-state index is 5.36. The molecule has 0 unspecified atom stereocenters. The summed E-state index contributed by atoms with van der Waals surface area (Å²) in [6, 6.07) is 0. The molecule has 0 heterocycles. The predicted octanol–water partition coefficient (Wildman–Crippen LogP) is 6.19. The number of rotatable bonds is 8. The molecule has 0 spiro atoms. The Balaban J connectivity index is 4.75. The van der Waals surface area contributed by atoms with Crippen LogP contribution in [0.4, 0.5) is 0 Å². The van der Waals surface area contributed by atoms with Gasteiger partial charge in [-0.1, -0.05) is 0 Å². The second-order valence-corrected chi connectivity index (χ2v) is 31.4. The summed E-state index contributed by atoms with van der Waals surface area (Å²) >= 11 is 8.48. The minimum absolute atomic E-state index is 1.14. The summed E-state index contributed by atoms with van der Waals surface area (Å²) in [5.41, 5.74) is 0. The zero-order chi connectivity index (χ0) is 13.3. The van der Waals surface area contributed by atoms with E-state index in [0.29, 0.717) is 0 Å². The molecule has 0 aromatic heterocycles. The molecular weight excluding hydrogens is 391 g/mol. The Morgan fingerprint density at radius 2 is 1.24 bits per heavy atom. The van der Waals surface area contributed by atoms with Gasteiger partial charge in [0.15, 0.2) is 0 Å². The molecule has 0 aromatic carbocycles. The molecule has 0 aromatic rings. The third-order valence-corrected chi connectivity index (χ3v) is 33.6. The van der Waals surface area contributed by atoms with Gasteiger partial charge in [-0.2, -0.15) is 0 Å². The van der Waals surface area contributed by atoms with Crippen molar-refractivity contribution in [3.05, 3.63) is 0 Å². The molecule has 0 aliphatic heterocycles. The molecule has 0 atom stereocenters. The van der Waals surface area contributed by atoms with E-state index in [1.807, 2.05) is 0 Å². The normalized spacial score (nSPS) is 11.5. The van der Waals surface area contributed by atoms with Crippen LogP contribution in [0.5, 0.6) is 0 Å². The first kappa shape index (κ1) is 18.7. The van der Waals surface area contributed by atoms with Crippen LogP contribution >= 0.6 is 42.3 Å². The van der Waals surface area contributed by atoms with Crippen molar-refractivity contribution in [1.29, 1.82) is 0 Å². The van der Waals surface area contributed by atoms with Crippen LogP contribution in [0.15, 0.2) is 0 Å². The van der Waals surface area contributed by atoms with Crippen molar-refractivity contribution < 1.29 is 0 Å². The van der Waals surface area contributed by atoms with E-state index in [4.69, 9.17) is 24.4 Å². The van der Waals surface area contributed by atoms with Crippen LogP contribution in [0.3, 0.4) is 0 Å². The molecule has 0 nitrogen and oxygen atoms in total. The number of unbranched alkanes of at least 4 members (excludes halogenated alkanes) is 2. The van der Waals surface area contributed by atoms with Gasteiger partial charge in [0.05, 0.1) is 0 Å². The van der Waals surface area contributed by atoms with E-state index >= 15 is 0 Å². The molecular formula is C12H24S4Sn. The molecule has 0 saturated heterocycles. The zero-order valence-electron chi connectivity index (χ0n) is 11.4. The molecule has 0 bridgehead atoms. The van der Waals surface area contributed by atoms with E-state index in [9.17, 15) is 0 Å². The quantitative estimate of drug-likeness (QED) is 0.342. The summed E-state index contributed by atoms with van der Waals surface area (Å²) in [5.74, 6) is 0. The van der Waals surface area contributed by atoms with Crippen LogP contribution in [-0.2, 0) is 0 Å². The molecule has 0 fully saturated rings. The van der Waals surface area contributed by atoms with Crippen molar-refractivity contribution in [1.82, 2.24) is 0 Å². The first-order chi connectivity index (χ1) is 7.95. The van der Waals surface area contributed by atoms with E-state index in [2.05, 4.69) is 45.6 Å². The van der Waals surface area contributed by atoms with Crippen molar-refractivity contribution >= 4 is 66.3 Å². The Bertz CT molecular complexity index is 227. The van der Waals surface area contributed by atoms with Gasteiger partial charge in [-0.3, -0.25) is 0 Å². The average Bonchev–Trinajstić information content (AvgIpc) is 2.22. The molecule has 0 aliphatic rings. The summed E-state index contributed by atoms with van der Waals surface area (Å²) in [6.07, 6.45) is 5.29. The first-order valence-corrected chi connectivity index (χ1v) is 19.8. The van der Waals surface area contributed by atoms with Gasteiger partial charge < -0.3 is 0 Å². The topological polar surface area (TPSA) is 0 Å². The third-order valence-electron chi connectivity index (χ3n) is 2.48. The Labute approximate surface area is 127 Å². The van der Waals surface area contributed by atoms with Crippen molar-refractivity contribution in [3.8, 4) is 0 Å². The summed E-state index contributed by atoms with van der Waals surface area (Å²) in [6.45, 7) is 8.73. The number of hydrogen-bond donors (Lipinski definition) is 0. The SMILES string of the molecule is CCC[CH2][Sn]([CH2]CCC)([S]C(C)=S)[S]C(C)=S. The summed E-state index contributed by atoms with van der Waals surface area (Å²) in [4.78, 5) is 0. The molecule has 0 radical (unpaired) electrons. The van der Waals surface area contributed by atoms with E-state index in [-0.39, 0.29) is 0 Å². The third kappa shape index (κ3) is 9.25. The van der Waals surface area contributed by atoms with Crippen molar-refractivity contribution in [2.75, 3.05) is 0 Å². The number of hydrogen-bond acceptors (Lipinski definition) is 4. The van der Waals surface area contributed by atoms with Gasteiger partial charge in [0.2, 0.25) is 0 Å². The van der Waals surface area contributed by atoms with Gasteiger partial charge in [-0.25, -0.2) is 0 Å². The van der Waals surface area contributed by atoms with Crippen molar-refractivity contribution in [2.45, 2.75) is 62.3 Å². The number of thiocarbonyl (C=S) groups is 2. The second kappa shape index (κ2) is 10.5.